The highest BCUT2D eigenvalue weighted by molar-refractivity contribution is 6.15. The van der Waals surface area contributed by atoms with Gasteiger partial charge in [0, 0.05) is 17.0 Å². The molecule has 0 unspecified atom stereocenters. The second kappa shape index (κ2) is 5.66. The molecule has 0 radical (unpaired) electrons. The molecule has 3 heteroatoms. The number of fused-ring (bicyclic) bond motifs is 5. The minimum atomic E-state index is -0.219. The quantitative estimate of drug-likeness (QED) is 0.384. The van der Waals surface area contributed by atoms with E-state index >= 15 is 0 Å². The van der Waals surface area contributed by atoms with Gasteiger partial charge in [-0.05, 0) is 39.3 Å². The standard InChI is InChI=1S/C24H26N2O/c1-23(2,3)18-9-7-8-17-16(18)11-10-15-12-13-26-19(21(15)17)14-20(24(4,5)6)25-22(26)27/h7-14H,1-6H3. The van der Waals surface area contributed by atoms with Crippen LogP contribution in [-0.4, -0.2) is 9.38 Å². The van der Waals surface area contributed by atoms with Crippen molar-refractivity contribution >= 4 is 27.1 Å². The van der Waals surface area contributed by atoms with Gasteiger partial charge in [0.15, 0.2) is 0 Å². The van der Waals surface area contributed by atoms with Crippen LogP contribution in [0.1, 0.15) is 52.8 Å². The van der Waals surface area contributed by atoms with Crippen molar-refractivity contribution < 1.29 is 0 Å². The number of hydrogen-bond acceptors (Lipinski definition) is 2. The summed E-state index contributed by atoms with van der Waals surface area (Å²) in [5, 5.41) is 4.68. The Morgan fingerprint density at radius 3 is 2.26 bits per heavy atom. The van der Waals surface area contributed by atoms with E-state index in [9.17, 15) is 4.79 Å². The van der Waals surface area contributed by atoms with Crippen LogP contribution in [-0.2, 0) is 10.8 Å². The first-order valence-corrected chi connectivity index (χ1v) is 9.46. The molecule has 0 atom stereocenters. The van der Waals surface area contributed by atoms with Crippen LogP contribution in [0.2, 0.25) is 0 Å². The summed E-state index contributed by atoms with van der Waals surface area (Å²) in [6.45, 7) is 13.0. The SMILES string of the molecule is CC(C)(C)c1cc2c3c(ccc4c(C(C)(C)C)cccc43)ccn2c(=O)n1. The number of nitrogens with zero attached hydrogens (tertiary/aromatic N) is 2. The van der Waals surface area contributed by atoms with E-state index in [4.69, 9.17) is 0 Å². The minimum absolute atomic E-state index is 0.0483. The summed E-state index contributed by atoms with van der Waals surface area (Å²) in [5.41, 5.74) is 2.71. The Morgan fingerprint density at radius 2 is 1.59 bits per heavy atom. The average Bonchev–Trinajstić information content (AvgIpc) is 2.58. The van der Waals surface area contributed by atoms with Gasteiger partial charge in [0.2, 0.25) is 0 Å². The number of aromatic nitrogens is 2. The van der Waals surface area contributed by atoms with Gasteiger partial charge in [-0.25, -0.2) is 4.79 Å². The number of benzene rings is 2. The average molecular weight is 358 g/mol. The summed E-state index contributed by atoms with van der Waals surface area (Å²) in [4.78, 5) is 17.0. The molecule has 0 aliphatic heterocycles. The first kappa shape index (κ1) is 17.7. The van der Waals surface area contributed by atoms with Crippen LogP contribution < -0.4 is 5.69 Å². The van der Waals surface area contributed by atoms with Crippen LogP contribution in [0.25, 0.3) is 27.1 Å². The van der Waals surface area contributed by atoms with E-state index in [1.165, 1.54) is 16.3 Å². The van der Waals surface area contributed by atoms with E-state index in [0.717, 1.165) is 22.0 Å². The molecule has 27 heavy (non-hydrogen) atoms. The molecule has 4 aromatic rings. The van der Waals surface area contributed by atoms with E-state index in [-0.39, 0.29) is 16.5 Å². The first-order chi connectivity index (χ1) is 12.6. The number of hydrogen-bond donors (Lipinski definition) is 0. The molecule has 0 aliphatic carbocycles. The number of pyridine rings is 1. The van der Waals surface area contributed by atoms with Crippen molar-refractivity contribution in [2.24, 2.45) is 0 Å². The first-order valence-electron chi connectivity index (χ1n) is 9.46. The van der Waals surface area contributed by atoms with Gasteiger partial charge in [-0.15, -0.1) is 0 Å². The highest BCUT2D eigenvalue weighted by atomic mass is 16.1. The molecule has 2 aromatic carbocycles. The molecule has 3 nitrogen and oxygen atoms in total. The van der Waals surface area contributed by atoms with E-state index in [0.29, 0.717) is 0 Å². The lowest BCUT2D eigenvalue weighted by molar-refractivity contribution is 0.564. The maximum absolute atomic E-state index is 12.7. The predicted molar refractivity (Wildman–Crippen MR) is 114 cm³/mol. The summed E-state index contributed by atoms with van der Waals surface area (Å²) >= 11 is 0. The third-order valence-electron chi connectivity index (χ3n) is 5.28. The normalized spacial score (nSPS) is 13.0. The molecule has 2 heterocycles. The molecule has 0 saturated heterocycles. The van der Waals surface area contributed by atoms with E-state index in [1.807, 2.05) is 12.3 Å². The van der Waals surface area contributed by atoms with Crippen molar-refractivity contribution in [1.82, 2.24) is 9.38 Å². The maximum atomic E-state index is 12.7. The summed E-state index contributed by atoms with van der Waals surface area (Å²) in [6.07, 6.45) is 1.83. The van der Waals surface area contributed by atoms with Crippen molar-refractivity contribution in [3.63, 3.8) is 0 Å². The third-order valence-corrected chi connectivity index (χ3v) is 5.28. The third kappa shape index (κ3) is 2.82. The number of rotatable bonds is 0. The summed E-state index contributed by atoms with van der Waals surface area (Å²) < 4.78 is 1.67. The fraction of sp³-hybridized carbons (Fsp3) is 0.333. The predicted octanol–water partition coefficient (Wildman–Crippen LogP) is 5.60. The van der Waals surface area contributed by atoms with Crippen molar-refractivity contribution in [2.45, 2.75) is 52.4 Å². The van der Waals surface area contributed by atoms with E-state index in [2.05, 4.69) is 82.9 Å². The fourth-order valence-electron chi connectivity index (χ4n) is 3.82. The van der Waals surface area contributed by atoms with Crippen molar-refractivity contribution in [3.8, 4) is 0 Å². The van der Waals surface area contributed by atoms with Crippen LogP contribution in [0.3, 0.4) is 0 Å². The fourth-order valence-corrected chi connectivity index (χ4v) is 3.82. The van der Waals surface area contributed by atoms with Gasteiger partial charge in [-0.3, -0.25) is 4.40 Å². The van der Waals surface area contributed by atoms with Crippen molar-refractivity contribution in [1.29, 1.82) is 0 Å². The Bertz CT molecular complexity index is 1250. The van der Waals surface area contributed by atoms with Gasteiger partial charge in [-0.2, -0.15) is 4.98 Å². The van der Waals surface area contributed by atoms with Crippen molar-refractivity contribution in [2.75, 3.05) is 0 Å². The summed E-state index contributed by atoms with van der Waals surface area (Å²) in [5.74, 6) is 0. The Balaban J connectivity index is 2.25. The Kier molecular flexibility index (Phi) is 3.71. The van der Waals surface area contributed by atoms with Gasteiger partial charge in [-0.1, -0.05) is 71.9 Å². The second-order valence-electron chi connectivity index (χ2n) is 9.43. The summed E-state index contributed by atoms with van der Waals surface area (Å²) in [6, 6.07) is 14.9. The second-order valence-corrected chi connectivity index (χ2v) is 9.43. The molecule has 0 saturated carbocycles. The molecule has 2 aromatic heterocycles. The zero-order valence-corrected chi connectivity index (χ0v) is 16.9. The molecule has 0 aliphatic rings. The van der Waals surface area contributed by atoms with Gasteiger partial charge in [0.05, 0.1) is 11.2 Å². The minimum Gasteiger partial charge on any atom is -0.267 e. The van der Waals surface area contributed by atoms with Gasteiger partial charge in [0.1, 0.15) is 0 Å². The lowest BCUT2D eigenvalue weighted by atomic mass is 9.83. The van der Waals surface area contributed by atoms with Crippen LogP contribution in [0, 0.1) is 0 Å². The molecular weight excluding hydrogens is 332 g/mol. The molecule has 138 valence electrons. The van der Waals surface area contributed by atoms with Crippen LogP contribution in [0.15, 0.2) is 53.5 Å². The van der Waals surface area contributed by atoms with Crippen LogP contribution in [0.4, 0.5) is 0 Å². The molecule has 0 fully saturated rings. The Labute approximate surface area is 159 Å². The molecule has 0 bridgehead atoms. The Morgan fingerprint density at radius 1 is 0.852 bits per heavy atom. The summed E-state index contributed by atoms with van der Waals surface area (Å²) in [7, 11) is 0. The smallest absolute Gasteiger partial charge is 0.267 e. The van der Waals surface area contributed by atoms with E-state index < -0.39 is 0 Å². The lowest BCUT2D eigenvalue weighted by Gasteiger charge is -2.22. The van der Waals surface area contributed by atoms with E-state index in [1.54, 1.807) is 4.40 Å². The van der Waals surface area contributed by atoms with Gasteiger partial charge < -0.3 is 0 Å². The Hall–Kier alpha value is -2.68. The molecule has 4 rings (SSSR count). The molecule has 0 amide bonds. The lowest BCUT2D eigenvalue weighted by Crippen LogP contribution is -2.24. The largest absolute Gasteiger partial charge is 0.352 e. The molecular formula is C24H26N2O. The van der Waals surface area contributed by atoms with Crippen LogP contribution in [0.5, 0.6) is 0 Å². The van der Waals surface area contributed by atoms with Crippen LogP contribution >= 0.6 is 0 Å². The highest BCUT2D eigenvalue weighted by Crippen LogP contribution is 2.35. The zero-order chi connectivity index (χ0) is 19.6. The zero-order valence-electron chi connectivity index (χ0n) is 16.9. The van der Waals surface area contributed by atoms with Gasteiger partial charge >= 0.3 is 5.69 Å². The van der Waals surface area contributed by atoms with Crippen molar-refractivity contribution in [3.05, 3.63) is 70.4 Å². The molecule has 0 spiro atoms. The topological polar surface area (TPSA) is 34.4 Å². The van der Waals surface area contributed by atoms with Gasteiger partial charge in [0.25, 0.3) is 0 Å². The molecule has 0 N–H and O–H groups in total. The monoisotopic (exact) mass is 358 g/mol. The maximum Gasteiger partial charge on any atom is 0.352 e. The highest BCUT2D eigenvalue weighted by Gasteiger charge is 2.20.